The van der Waals surface area contributed by atoms with E-state index < -0.39 is 0 Å². The van der Waals surface area contributed by atoms with E-state index in [1.807, 2.05) is 66.4 Å². The second-order valence-corrected chi connectivity index (χ2v) is 5.30. The summed E-state index contributed by atoms with van der Waals surface area (Å²) in [6.45, 7) is 3.05. The molecular weight excluding hydrogens is 290 g/mol. The van der Waals surface area contributed by atoms with Crippen molar-refractivity contribution in [1.29, 1.82) is 0 Å². The molecule has 0 radical (unpaired) electrons. The Bertz CT molecular complexity index is 756. The molecule has 0 spiro atoms. The quantitative estimate of drug-likeness (QED) is 0.758. The van der Waals surface area contributed by atoms with Crippen molar-refractivity contribution in [3.05, 3.63) is 66.1 Å². The second-order valence-electron chi connectivity index (χ2n) is 5.30. The normalized spacial score (nSPS) is 10.7. The van der Waals surface area contributed by atoms with Gasteiger partial charge in [-0.3, -0.25) is 0 Å². The number of para-hydroxylation sites is 1. The fourth-order valence-electron chi connectivity index (χ4n) is 2.46. The molecular formula is C18H19N3O2. The first-order valence-corrected chi connectivity index (χ1v) is 7.57. The lowest BCUT2D eigenvalue weighted by molar-refractivity contribution is 0.300. The Morgan fingerprint density at radius 2 is 1.74 bits per heavy atom. The first-order chi connectivity index (χ1) is 11.3. The smallest absolute Gasteiger partial charge is 0.248 e. The lowest BCUT2D eigenvalue weighted by Crippen LogP contribution is -2.26. The summed E-state index contributed by atoms with van der Waals surface area (Å²) in [6.07, 6.45) is 0. The van der Waals surface area contributed by atoms with Crippen LogP contribution in [-0.2, 0) is 6.54 Å². The highest BCUT2D eigenvalue weighted by atomic mass is 16.4. The highest BCUT2D eigenvalue weighted by molar-refractivity contribution is 5.57. The van der Waals surface area contributed by atoms with E-state index in [2.05, 4.69) is 10.2 Å². The summed E-state index contributed by atoms with van der Waals surface area (Å²) >= 11 is 0. The minimum absolute atomic E-state index is 0.0632. The van der Waals surface area contributed by atoms with Gasteiger partial charge in [0.1, 0.15) is 0 Å². The average Bonchev–Trinajstić information content (AvgIpc) is 3.04. The standard InChI is InChI=1S/C18H19N3O2/c1-14-7-5-6-10-16(14)18-20-19-17(23-18)13-21(11-12-22)15-8-3-2-4-9-15/h2-10,22H,11-13H2,1H3. The Balaban J connectivity index is 1.81. The Hall–Kier alpha value is -2.66. The number of anilines is 1. The molecule has 1 aromatic heterocycles. The van der Waals surface area contributed by atoms with E-state index in [4.69, 9.17) is 4.42 Å². The molecule has 2 aromatic carbocycles. The molecule has 1 heterocycles. The summed E-state index contributed by atoms with van der Waals surface area (Å²) in [6, 6.07) is 17.8. The van der Waals surface area contributed by atoms with Crippen LogP contribution in [0.5, 0.6) is 0 Å². The molecule has 0 unspecified atom stereocenters. The van der Waals surface area contributed by atoms with Crippen molar-refractivity contribution in [1.82, 2.24) is 10.2 Å². The third-order valence-electron chi connectivity index (χ3n) is 3.66. The lowest BCUT2D eigenvalue weighted by atomic mass is 10.1. The second kappa shape index (κ2) is 7.07. The molecule has 118 valence electrons. The number of aliphatic hydroxyl groups is 1. The van der Waals surface area contributed by atoms with Crippen LogP contribution < -0.4 is 4.90 Å². The molecule has 0 bridgehead atoms. The molecule has 3 rings (SSSR count). The van der Waals surface area contributed by atoms with Crippen LogP contribution >= 0.6 is 0 Å². The van der Waals surface area contributed by atoms with Gasteiger partial charge in [0.2, 0.25) is 11.8 Å². The van der Waals surface area contributed by atoms with Gasteiger partial charge in [-0.2, -0.15) is 0 Å². The SMILES string of the molecule is Cc1ccccc1-c1nnc(CN(CCO)c2ccccc2)o1. The molecule has 0 aliphatic carbocycles. The van der Waals surface area contributed by atoms with Gasteiger partial charge in [0.25, 0.3) is 0 Å². The zero-order valence-corrected chi connectivity index (χ0v) is 13.0. The summed E-state index contributed by atoms with van der Waals surface area (Å²) in [5, 5.41) is 17.6. The van der Waals surface area contributed by atoms with Gasteiger partial charge >= 0.3 is 0 Å². The maximum Gasteiger partial charge on any atom is 0.248 e. The van der Waals surface area contributed by atoms with Gasteiger partial charge in [-0.25, -0.2) is 0 Å². The van der Waals surface area contributed by atoms with Gasteiger partial charge in [-0.05, 0) is 30.7 Å². The average molecular weight is 309 g/mol. The van der Waals surface area contributed by atoms with Crippen molar-refractivity contribution < 1.29 is 9.52 Å². The Labute approximate surface area is 135 Å². The van der Waals surface area contributed by atoms with Crippen molar-refractivity contribution in [2.75, 3.05) is 18.1 Å². The summed E-state index contributed by atoms with van der Waals surface area (Å²) < 4.78 is 5.80. The molecule has 0 aliphatic heterocycles. The van der Waals surface area contributed by atoms with Crippen LogP contribution in [0.4, 0.5) is 5.69 Å². The van der Waals surface area contributed by atoms with Crippen LogP contribution in [0.25, 0.3) is 11.5 Å². The monoisotopic (exact) mass is 309 g/mol. The summed E-state index contributed by atoms with van der Waals surface area (Å²) in [7, 11) is 0. The molecule has 5 heteroatoms. The van der Waals surface area contributed by atoms with E-state index in [9.17, 15) is 5.11 Å². The van der Waals surface area contributed by atoms with Gasteiger partial charge in [0.05, 0.1) is 13.2 Å². The molecule has 0 atom stereocenters. The summed E-state index contributed by atoms with van der Waals surface area (Å²) in [5.74, 6) is 1.05. The van der Waals surface area contributed by atoms with Crippen molar-refractivity contribution >= 4 is 5.69 Å². The summed E-state index contributed by atoms with van der Waals surface area (Å²) in [4.78, 5) is 2.01. The van der Waals surface area contributed by atoms with E-state index in [1.54, 1.807) is 0 Å². The lowest BCUT2D eigenvalue weighted by Gasteiger charge is -2.21. The molecule has 5 nitrogen and oxygen atoms in total. The molecule has 0 amide bonds. The largest absolute Gasteiger partial charge is 0.419 e. The zero-order chi connectivity index (χ0) is 16.1. The van der Waals surface area contributed by atoms with Gasteiger partial charge in [-0.15, -0.1) is 10.2 Å². The van der Waals surface area contributed by atoms with E-state index in [0.717, 1.165) is 16.8 Å². The zero-order valence-electron chi connectivity index (χ0n) is 13.0. The molecule has 0 saturated carbocycles. The number of aryl methyl sites for hydroxylation is 1. The topological polar surface area (TPSA) is 62.4 Å². The van der Waals surface area contributed by atoms with Crippen LogP contribution in [0.15, 0.2) is 59.0 Å². The first kappa shape index (κ1) is 15.2. The van der Waals surface area contributed by atoms with Gasteiger partial charge < -0.3 is 14.4 Å². The predicted octanol–water partition coefficient (Wildman–Crippen LogP) is 3.04. The Morgan fingerprint density at radius 3 is 2.48 bits per heavy atom. The van der Waals surface area contributed by atoms with Crippen molar-refractivity contribution in [2.45, 2.75) is 13.5 Å². The third-order valence-corrected chi connectivity index (χ3v) is 3.66. The first-order valence-electron chi connectivity index (χ1n) is 7.57. The molecule has 23 heavy (non-hydrogen) atoms. The molecule has 0 saturated heterocycles. The fourth-order valence-corrected chi connectivity index (χ4v) is 2.46. The maximum atomic E-state index is 9.29. The number of benzene rings is 2. The number of nitrogens with zero attached hydrogens (tertiary/aromatic N) is 3. The van der Waals surface area contributed by atoms with Crippen LogP contribution in [0.3, 0.4) is 0 Å². The van der Waals surface area contributed by atoms with Gasteiger partial charge in [0.15, 0.2) is 0 Å². The predicted molar refractivity (Wildman–Crippen MR) is 89.0 cm³/mol. The fraction of sp³-hybridized carbons (Fsp3) is 0.222. The van der Waals surface area contributed by atoms with Crippen LogP contribution in [-0.4, -0.2) is 28.5 Å². The van der Waals surface area contributed by atoms with E-state index in [-0.39, 0.29) is 6.61 Å². The molecule has 1 N–H and O–H groups in total. The number of aromatic nitrogens is 2. The highest BCUT2D eigenvalue weighted by Gasteiger charge is 2.14. The van der Waals surface area contributed by atoms with Crippen LogP contribution in [0.1, 0.15) is 11.5 Å². The Kier molecular flexibility index (Phi) is 4.68. The van der Waals surface area contributed by atoms with Crippen molar-refractivity contribution in [3.63, 3.8) is 0 Å². The Morgan fingerprint density at radius 1 is 1.00 bits per heavy atom. The van der Waals surface area contributed by atoms with Gasteiger partial charge in [0, 0.05) is 17.8 Å². The number of aliphatic hydroxyl groups excluding tert-OH is 1. The van der Waals surface area contributed by atoms with E-state index in [1.165, 1.54) is 0 Å². The van der Waals surface area contributed by atoms with Gasteiger partial charge in [-0.1, -0.05) is 36.4 Å². The maximum absolute atomic E-state index is 9.29. The third kappa shape index (κ3) is 3.57. The number of hydrogen-bond acceptors (Lipinski definition) is 5. The van der Waals surface area contributed by atoms with Crippen LogP contribution in [0.2, 0.25) is 0 Å². The molecule has 3 aromatic rings. The molecule has 0 aliphatic rings. The van der Waals surface area contributed by atoms with E-state index >= 15 is 0 Å². The van der Waals surface area contributed by atoms with Crippen LogP contribution in [0, 0.1) is 6.92 Å². The van der Waals surface area contributed by atoms with E-state index in [0.29, 0.717) is 24.9 Å². The molecule has 0 fully saturated rings. The number of rotatable bonds is 6. The number of hydrogen-bond donors (Lipinski definition) is 1. The van der Waals surface area contributed by atoms with Crippen molar-refractivity contribution in [3.8, 4) is 11.5 Å². The summed E-state index contributed by atoms with van der Waals surface area (Å²) in [5.41, 5.74) is 3.05. The minimum atomic E-state index is 0.0632. The minimum Gasteiger partial charge on any atom is -0.419 e. The van der Waals surface area contributed by atoms with Crippen molar-refractivity contribution in [2.24, 2.45) is 0 Å². The highest BCUT2D eigenvalue weighted by Crippen LogP contribution is 2.23.